The normalized spacial score (nSPS) is 17.1. The molecule has 1 atom stereocenters. The topological polar surface area (TPSA) is 45.0 Å². The first-order valence-corrected chi connectivity index (χ1v) is 7.11. The molecule has 0 aliphatic heterocycles. The van der Waals surface area contributed by atoms with E-state index in [0.717, 1.165) is 18.2 Å². The smallest absolute Gasteiger partial charge is 0.174 e. The van der Waals surface area contributed by atoms with Gasteiger partial charge in [-0.1, -0.05) is 25.0 Å². The molecule has 1 unspecified atom stereocenters. The maximum absolute atomic E-state index is 8.51. The highest BCUT2D eigenvalue weighted by atomic mass is 16.5. The standard InChI is InChI=1S/C16H22N2O/c1-13(15-6-2-3-7-15)18-12-14-5-4-8-16(11-14)19-10-9-17/h4-5,8,11,13,15,18H,2-3,6-7,10,12H2,1H3. The third kappa shape index (κ3) is 4.25. The molecule has 102 valence electrons. The Balaban J connectivity index is 1.83. The molecule has 3 nitrogen and oxygen atoms in total. The number of rotatable bonds is 6. The second kappa shape index (κ2) is 7.16. The zero-order valence-electron chi connectivity index (χ0n) is 11.6. The average Bonchev–Trinajstić information content (AvgIpc) is 2.97. The number of hydrogen-bond acceptors (Lipinski definition) is 3. The van der Waals surface area contributed by atoms with E-state index in [-0.39, 0.29) is 6.61 Å². The largest absolute Gasteiger partial charge is 0.479 e. The predicted molar refractivity (Wildman–Crippen MR) is 75.8 cm³/mol. The lowest BCUT2D eigenvalue weighted by atomic mass is 9.99. The van der Waals surface area contributed by atoms with Crippen molar-refractivity contribution < 1.29 is 4.74 Å². The Morgan fingerprint density at radius 3 is 2.95 bits per heavy atom. The van der Waals surface area contributed by atoms with Crippen LogP contribution in [0, 0.1) is 17.2 Å². The Labute approximate surface area is 115 Å². The van der Waals surface area contributed by atoms with E-state index in [2.05, 4.69) is 18.3 Å². The second-order valence-corrected chi connectivity index (χ2v) is 5.31. The van der Waals surface area contributed by atoms with E-state index >= 15 is 0 Å². The van der Waals surface area contributed by atoms with Crippen LogP contribution in [-0.2, 0) is 6.54 Å². The molecular weight excluding hydrogens is 236 g/mol. The van der Waals surface area contributed by atoms with Crippen LogP contribution in [0.4, 0.5) is 0 Å². The Hall–Kier alpha value is -1.53. The zero-order chi connectivity index (χ0) is 13.5. The van der Waals surface area contributed by atoms with Crippen LogP contribution in [0.25, 0.3) is 0 Å². The molecule has 0 aromatic heterocycles. The summed E-state index contributed by atoms with van der Waals surface area (Å²) in [5.41, 5.74) is 1.21. The monoisotopic (exact) mass is 258 g/mol. The zero-order valence-corrected chi connectivity index (χ0v) is 11.6. The highest BCUT2D eigenvalue weighted by Crippen LogP contribution is 2.27. The molecule has 1 aliphatic rings. The summed E-state index contributed by atoms with van der Waals surface area (Å²) in [6.07, 6.45) is 5.49. The Morgan fingerprint density at radius 1 is 1.42 bits per heavy atom. The van der Waals surface area contributed by atoms with Crippen LogP contribution in [-0.4, -0.2) is 12.6 Å². The number of nitrogens with zero attached hydrogens (tertiary/aromatic N) is 1. The van der Waals surface area contributed by atoms with Gasteiger partial charge in [-0.25, -0.2) is 0 Å². The summed E-state index contributed by atoms with van der Waals surface area (Å²) in [4.78, 5) is 0. The van der Waals surface area contributed by atoms with Crippen molar-refractivity contribution in [2.45, 2.75) is 45.2 Å². The second-order valence-electron chi connectivity index (χ2n) is 5.31. The molecule has 19 heavy (non-hydrogen) atoms. The maximum Gasteiger partial charge on any atom is 0.174 e. The van der Waals surface area contributed by atoms with Crippen LogP contribution in [0.3, 0.4) is 0 Å². The van der Waals surface area contributed by atoms with Crippen LogP contribution in [0.1, 0.15) is 38.2 Å². The molecule has 1 aliphatic carbocycles. The van der Waals surface area contributed by atoms with Crippen LogP contribution >= 0.6 is 0 Å². The number of hydrogen-bond donors (Lipinski definition) is 1. The van der Waals surface area contributed by atoms with Gasteiger partial charge in [0.15, 0.2) is 6.61 Å². The van der Waals surface area contributed by atoms with Gasteiger partial charge in [0.1, 0.15) is 11.8 Å². The lowest BCUT2D eigenvalue weighted by Gasteiger charge is -2.20. The van der Waals surface area contributed by atoms with Crippen molar-refractivity contribution in [2.24, 2.45) is 5.92 Å². The number of ether oxygens (including phenoxy) is 1. The number of nitrogens with one attached hydrogen (secondary N) is 1. The summed E-state index contributed by atoms with van der Waals surface area (Å²) < 4.78 is 5.31. The van der Waals surface area contributed by atoms with Gasteiger partial charge in [-0.15, -0.1) is 0 Å². The minimum Gasteiger partial charge on any atom is -0.479 e. The fourth-order valence-corrected chi connectivity index (χ4v) is 2.76. The van der Waals surface area contributed by atoms with Crippen LogP contribution in [0.2, 0.25) is 0 Å². The molecule has 0 radical (unpaired) electrons. The van der Waals surface area contributed by atoms with Crippen LogP contribution in [0.5, 0.6) is 5.75 Å². The van der Waals surface area contributed by atoms with Crippen LogP contribution in [0.15, 0.2) is 24.3 Å². The summed E-state index contributed by atoms with van der Waals surface area (Å²) >= 11 is 0. The maximum atomic E-state index is 8.51. The van der Waals surface area contributed by atoms with E-state index in [1.165, 1.54) is 31.2 Å². The van der Waals surface area contributed by atoms with Gasteiger partial charge in [-0.2, -0.15) is 5.26 Å². The number of nitriles is 1. The molecule has 1 N–H and O–H groups in total. The molecule has 1 fully saturated rings. The molecule has 1 aromatic carbocycles. The van der Waals surface area contributed by atoms with Gasteiger partial charge in [0.2, 0.25) is 0 Å². The van der Waals surface area contributed by atoms with E-state index in [1.807, 2.05) is 24.3 Å². The van der Waals surface area contributed by atoms with Crippen molar-refractivity contribution in [3.8, 4) is 11.8 Å². The van der Waals surface area contributed by atoms with Gasteiger partial charge < -0.3 is 10.1 Å². The first-order chi connectivity index (χ1) is 9.29. The third-order valence-corrected chi connectivity index (χ3v) is 3.94. The molecule has 2 rings (SSSR count). The van der Waals surface area contributed by atoms with Crippen molar-refractivity contribution in [3.05, 3.63) is 29.8 Å². The van der Waals surface area contributed by atoms with Crippen LogP contribution < -0.4 is 10.1 Å². The van der Waals surface area contributed by atoms with E-state index in [9.17, 15) is 0 Å². The lowest BCUT2D eigenvalue weighted by molar-refractivity contribution is 0.365. The van der Waals surface area contributed by atoms with E-state index in [1.54, 1.807) is 0 Å². The molecule has 0 heterocycles. The summed E-state index contributed by atoms with van der Waals surface area (Å²) in [6, 6.07) is 10.5. The lowest BCUT2D eigenvalue weighted by Crippen LogP contribution is -2.31. The van der Waals surface area contributed by atoms with Crippen molar-refractivity contribution >= 4 is 0 Å². The SMILES string of the molecule is CC(NCc1cccc(OCC#N)c1)C1CCCC1. The van der Waals surface area contributed by atoms with Gasteiger partial charge >= 0.3 is 0 Å². The quantitative estimate of drug-likeness (QED) is 0.852. The third-order valence-electron chi connectivity index (χ3n) is 3.94. The molecule has 0 amide bonds. The summed E-state index contributed by atoms with van der Waals surface area (Å²) in [7, 11) is 0. The molecule has 0 saturated heterocycles. The molecule has 1 saturated carbocycles. The van der Waals surface area contributed by atoms with E-state index in [4.69, 9.17) is 10.00 Å². The summed E-state index contributed by atoms with van der Waals surface area (Å²) in [5.74, 6) is 1.60. The molecule has 0 spiro atoms. The summed E-state index contributed by atoms with van der Waals surface area (Å²) in [5, 5.41) is 12.1. The first kappa shape index (κ1) is 13.9. The fraction of sp³-hybridized carbons (Fsp3) is 0.562. The fourth-order valence-electron chi connectivity index (χ4n) is 2.76. The van der Waals surface area contributed by atoms with Crippen molar-refractivity contribution in [2.75, 3.05) is 6.61 Å². The van der Waals surface area contributed by atoms with E-state index < -0.39 is 0 Å². The Bertz CT molecular complexity index is 433. The van der Waals surface area contributed by atoms with Gasteiger partial charge in [0.05, 0.1) is 0 Å². The predicted octanol–water partition coefficient (Wildman–Crippen LogP) is 3.26. The number of benzene rings is 1. The van der Waals surface area contributed by atoms with Crippen molar-refractivity contribution in [3.63, 3.8) is 0 Å². The highest BCUT2D eigenvalue weighted by molar-refractivity contribution is 5.28. The van der Waals surface area contributed by atoms with Gasteiger partial charge in [0.25, 0.3) is 0 Å². The summed E-state index contributed by atoms with van der Waals surface area (Å²) in [6.45, 7) is 3.25. The minimum absolute atomic E-state index is 0.107. The molecule has 3 heteroatoms. The Morgan fingerprint density at radius 2 is 2.21 bits per heavy atom. The highest BCUT2D eigenvalue weighted by Gasteiger charge is 2.20. The molecular formula is C16H22N2O. The first-order valence-electron chi connectivity index (χ1n) is 7.11. The average molecular weight is 258 g/mol. The van der Waals surface area contributed by atoms with Gasteiger partial charge in [0, 0.05) is 12.6 Å². The van der Waals surface area contributed by atoms with Crippen molar-refractivity contribution in [1.82, 2.24) is 5.32 Å². The molecule has 1 aromatic rings. The minimum atomic E-state index is 0.107. The van der Waals surface area contributed by atoms with Gasteiger partial charge in [-0.3, -0.25) is 0 Å². The Kier molecular flexibility index (Phi) is 5.23. The van der Waals surface area contributed by atoms with Crippen molar-refractivity contribution in [1.29, 1.82) is 5.26 Å². The van der Waals surface area contributed by atoms with Gasteiger partial charge in [-0.05, 0) is 43.4 Å². The molecule has 0 bridgehead atoms. The van der Waals surface area contributed by atoms with E-state index in [0.29, 0.717) is 6.04 Å².